The minimum Gasteiger partial charge on any atom is -0.464 e. The van der Waals surface area contributed by atoms with Gasteiger partial charge in [-0.3, -0.25) is 14.4 Å². The summed E-state index contributed by atoms with van der Waals surface area (Å²) < 4.78 is 18.7. The topological polar surface area (TPSA) is 145 Å². The minimum absolute atomic E-state index is 0.225. The molecule has 0 bridgehead atoms. The van der Waals surface area contributed by atoms with E-state index in [1.807, 2.05) is 35.3 Å². The first-order chi connectivity index (χ1) is 30.8. The standard InChI is InChI=1S/C48H87N3O9S3/c1-4-7-10-13-16-22-37-61-40-25-19-28-43(52)58-34-31-49-46(55)50(32-35-59-44(53)29-20-26-41-62-38-23-17-14-11-8-5-2)48(57)51(47(49)56)33-36-60-45(54)30-21-27-42-63-39-24-18-15-12-9-6-3/h4-42H2,1-3H3. The van der Waals surface area contributed by atoms with E-state index in [2.05, 4.69) is 20.8 Å². The molecule has 0 N–H and O–H groups in total. The van der Waals surface area contributed by atoms with Crippen LogP contribution in [0.1, 0.15) is 194 Å². The quantitative estimate of drug-likeness (QED) is 0.0349. The van der Waals surface area contributed by atoms with Crippen molar-refractivity contribution in [2.45, 2.75) is 214 Å². The van der Waals surface area contributed by atoms with Crippen LogP contribution in [0.15, 0.2) is 14.4 Å². The lowest BCUT2D eigenvalue weighted by atomic mass is 10.1. The van der Waals surface area contributed by atoms with Gasteiger partial charge >= 0.3 is 35.0 Å². The Kier molecular flexibility index (Phi) is 39.7. The molecule has 1 aromatic heterocycles. The van der Waals surface area contributed by atoms with Crippen LogP contribution in [0.3, 0.4) is 0 Å². The van der Waals surface area contributed by atoms with Crippen LogP contribution >= 0.6 is 35.3 Å². The van der Waals surface area contributed by atoms with Crippen molar-refractivity contribution in [2.75, 3.05) is 54.3 Å². The maximum atomic E-state index is 13.5. The Morgan fingerprint density at radius 1 is 0.349 bits per heavy atom. The van der Waals surface area contributed by atoms with Crippen molar-refractivity contribution in [1.29, 1.82) is 0 Å². The van der Waals surface area contributed by atoms with E-state index in [1.165, 1.54) is 116 Å². The largest absolute Gasteiger partial charge is 0.464 e. The van der Waals surface area contributed by atoms with E-state index in [-0.39, 0.29) is 58.7 Å². The summed E-state index contributed by atoms with van der Waals surface area (Å²) in [4.78, 5) is 78.0. The van der Waals surface area contributed by atoms with Crippen LogP contribution in [0, 0.1) is 0 Å². The Labute approximate surface area is 393 Å². The Hall–Kier alpha value is -2.13. The van der Waals surface area contributed by atoms with E-state index >= 15 is 0 Å². The highest BCUT2D eigenvalue weighted by Crippen LogP contribution is 2.15. The van der Waals surface area contributed by atoms with Gasteiger partial charge in [0, 0.05) is 19.3 Å². The maximum absolute atomic E-state index is 13.5. The van der Waals surface area contributed by atoms with Crippen LogP contribution < -0.4 is 17.1 Å². The molecule has 0 radical (unpaired) electrons. The first-order valence-corrected chi connectivity index (χ1v) is 28.4. The number of aromatic nitrogens is 3. The molecule has 0 fully saturated rings. The molecule has 15 heteroatoms. The summed E-state index contributed by atoms with van der Waals surface area (Å²) in [7, 11) is 0. The summed E-state index contributed by atoms with van der Waals surface area (Å²) in [5.41, 5.74) is -2.65. The molecule has 0 aromatic carbocycles. The number of hydrogen-bond donors (Lipinski definition) is 0. The fraction of sp³-hybridized carbons (Fsp3) is 0.875. The predicted molar refractivity (Wildman–Crippen MR) is 266 cm³/mol. The molecule has 0 amide bonds. The summed E-state index contributed by atoms with van der Waals surface area (Å²) in [5, 5.41) is 0. The van der Waals surface area contributed by atoms with Gasteiger partial charge in [-0.25, -0.2) is 28.1 Å². The van der Waals surface area contributed by atoms with Gasteiger partial charge in [-0.05, 0) is 92.3 Å². The Balaban J connectivity index is 2.66. The molecule has 0 unspecified atom stereocenters. The molecule has 12 nitrogen and oxygen atoms in total. The smallest absolute Gasteiger partial charge is 0.336 e. The van der Waals surface area contributed by atoms with Gasteiger partial charge in [-0.15, -0.1) is 0 Å². The highest BCUT2D eigenvalue weighted by Gasteiger charge is 2.17. The second-order valence-corrected chi connectivity index (χ2v) is 20.2. The maximum Gasteiger partial charge on any atom is 0.336 e. The fourth-order valence-corrected chi connectivity index (χ4v) is 9.97. The van der Waals surface area contributed by atoms with Gasteiger partial charge in [0.05, 0.1) is 19.6 Å². The summed E-state index contributed by atoms with van der Waals surface area (Å²) in [6.45, 7) is 5.21. The zero-order valence-electron chi connectivity index (χ0n) is 39.8. The van der Waals surface area contributed by atoms with Crippen molar-refractivity contribution >= 4 is 53.2 Å². The lowest BCUT2D eigenvalue weighted by molar-refractivity contribution is -0.144. The Morgan fingerprint density at radius 3 is 0.825 bits per heavy atom. The van der Waals surface area contributed by atoms with E-state index in [0.717, 1.165) is 67.5 Å². The Bertz CT molecular complexity index is 1280. The number of unbranched alkanes of at least 4 members (excludes halogenated alkanes) is 18. The van der Waals surface area contributed by atoms with Crippen molar-refractivity contribution < 1.29 is 28.6 Å². The predicted octanol–water partition coefficient (Wildman–Crippen LogP) is 10.6. The van der Waals surface area contributed by atoms with Crippen LogP contribution in [0.25, 0.3) is 0 Å². The zero-order chi connectivity index (χ0) is 46.0. The third kappa shape index (κ3) is 32.2. The molecule has 1 rings (SSSR count). The minimum atomic E-state index is -0.885. The lowest BCUT2D eigenvalue weighted by Crippen LogP contribution is -2.55. The average molecular weight is 946 g/mol. The molecular weight excluding hydrogens is 859 g/mol. The van der Waals surface area contributed by atoms with Gasteiger partial charge in [0.2, 0.25) is 0 Å². The summed E-state index contributed by atoms with van der Waals surface area (Å²) in [5.74, 6) is 5.12. The van der Waals surface area contributed by atoms with E-state index < -0.39 is 35.0 Å². The lowest BCUT2D eigenvalue weighted by Gasteiger charge is -2.14. The van der Waals surface area contributed by atoms with Crippen molar-refractivity contribution in [3.63, 3.8) is 0 Å². The molecule has 1 heterocycles. The van der Waals surface area contributed by atoms with Crippen molar-refractivity contribution in [2.24, 2.45) is 0 Å². The summed E-state index contributed by atoms with van der Waals surface area (Å²) in [6.07, 6.45) is 28.4. The monoisotopic (exact) mass is 946 g/mol. The summed E-state index contributed by atoms with van der Waals surface area (Å²) in [6, 6.07) is 0. The van der Waals surface area contributed by atoms with Crippen molar-refractivity contribution in [1.82, 2.24) is 13.7 Å². The second kappa shape index (κ2) is 42.5. The fourth-order valence-electron chi connectivity index (χ4n) is 6.91. The molecule has 0 aliphatic carbocycles. The number of nitrogens with zero attached hydrogens (tertiary/aromatic N) is 3. The van der Waals surface area contributed by atoms with E-state index in [4.69, 9.17) is 14.2 Å². The second-order valence-electron chi connectivity index (χ2n) is 16.5. The number of carbonyl (C=O) groups is 3. The Morgan fingerprint density at radius 2 is 0.571 bits per heavy atom. The molecule has 0 aliphatic rings. The van der Waals surface area contributed by atoms with E-state index in [9.17, 15) is 28.8 Å². The molecule has 0 saturated carbocycles. The number of esters is 3. The van der Waals surface area contributed by atoms with Crippen LogP contribution in [0.5, 0.6) is 0 Å². The van der Waals surface area contributed by atoms with Crippen LogP contribution in [-0.2, 0) is 48.2 Å². The molecule has 0 saturated heterocycles. The number of thioether (sulfide) groups is 3. The highest BCUT2D eigenvalue weighted by molar-refractivity contribution is 7.99. The normalized spacial score (nSPS) is 11.3. The highest BCUT2D eigenvalue weighted by atomic mass is 32.2. The number of carbonyl (C=O) groups excluding carboxylic acids is 3. The SMILES string of the molecule is CCCCCCCCSCCCCC(=O)OCCn1c(=O)n(CCOC(=O)CCCCSCCCCCCCC)c(=O)n(CCOC(=O)CCCCSCCCCCCCC)c1=O. The molecular formula is C48H87N3O9S3. The molecule has 0 atom stereocenters. The van der Waals surface area contributed by atoms with E-state index in [0.29, 0.717) is 19.3 Å². The third-order valence-electron chi connectivity index (χ3n) is 10.8. The zero-order valence-corrected chi connectivity index (χ0v) is 42.3. The number of rotatable bonds is 45. The first kappa shape index (κ1) is 58.9. The molecule has 63 heavy (non-hydrogen) atoms. The number of ether oxygens (including phenoxy) is 3. The first-order valence-electron chi connectivity index (χ1n) is 24.9. The van der Waals surface area contributed by atoms with Gasteiger partial charge in [-0.1, -0.05) is 117 Å². The average Bonchev–Trinajstić information content (AvgIpc) is 3.27. The van der Waals surface area contributed by atoms with Crippen molar-refractivity contribution in [3.05, 3.63) is 31.5 Å². The van der Waals surface area contributed by atoms with Gasteiger partial charge < -0.3 is 14.2 Å². The molecule has 0 aliphatic heterocycles. The van der Waals surface area contributed by atoms with Crippen LogP contribution in [-0.4, -0.2) is 85.9 Å². The third-order valence-corrected chi connectivity index (χ3v) is 14.3. The van der Waals surface area contributed by atoms with Gasteiger partial charge in [0.15, 0.2) is 0 Å². The van der Waals surface area contributed by atoms with E-state index in [1.54, 1.807) is 0 Å². The summed E-state index contributed by atoms with van der Waals surface area (Å²) >= 11 is 5.73. The molecule has 366 valence electrons. The van der Waals surface area contributed by atoms with Gasteiger partial charge in [0.25, 0.3) is 0 Å². The number of hydrogen-bond acceptors (Lipinski definition) is 12. The van der Waals surface area contributed by atoms with Crippen LogP contribution in [0.4, 0.5) is 0 Å². The van der Waals surface area contributed by atoms with Crippen LogP contribution in [0.2, 0.25) is 0 Å². The van der Waals surface area contributed by atoms with Gasteiger partial charge in [0.1, 0.15) is 19.8 Å². The van der Waals surface area contributed by atoms with Crippen molar-refractivity contribution in [3.8, 4) is 0 Å². The molecule has 1 aromatic rings. The molecule has 0 spiro atoms. The van der Waals surface area contributed by atoms with Gasteiger partial charge in [-0.2, -0.15) is 35.3 Å².